The summed E-state index contributed by atoms with van der Waals surface area (Å²) in [5, 5.41) is 14.7. The smallest absolute Gasteiger partial charge is 0.241 e. The highest BCUT2D eigenvalue weighted by Gasteiger charge is 2.20. The first-order valence-electron chi connectivity index (χ1n) is 7.96. The zero-order valence-electron chi connectivity index (χ0n) is 14.5. The molecule has 0 unspecified atom stereocenters. The highest BCUT2D eigenvalue weighted by atomic mass is 35.5. The van der Waals surface area contributed by atoms with E-state index in [4.69, 9.17) is 16.9 Å². The van der Waals surface area contributed by atoms with Crippen LogP contribution in [-0.2, 0) is 9.59 Å². The van der Waals surface area contributed by atoms with Gasteiger partial charge in [-0.05, 0) is 50.4 Å². The van der Waals surface area contributed by atoms with Crippen LogP contribution in [0.1, 0.15) is 12.5 Å². The predicted octanol–water partition coefficient (Wildman–Crippen LogP) is 3.11. The van der Waals surface area contributed by atoms with Gasteiger partial charge in [0.1, 0.15) is 0 Å². The fourth-order valence-corrected chi connectivity index (χ4v) is 2.37. The highest BCUT2D eigenvalue weighted by molar-refractivity contribution is 6.33. The lowest BCUT2D eigenvalue weighted by Crippen LogP contribution is -2.43. The van der Waals surface area contributed by atoms with E-state index in [0.717, 1.165) is 0 Å². The highest BCUT2D eigenvalue weighted by Crippen LogP contribution is 2.20. The topological polar surface area (TPSA) is 85.2 Å². The minimum Gasteiger partial charge on any atom is -0.325 e. The molecule has 6 nitrogen and oxygen atoms in total. The van der Waals surface area contributed by atoms with Crippen molar-refractivity contribution in [1.82, 2.24) is 4.90 Å². The van der Waals surface area contributed by atoms with E-state index in [1.54, 1.807) is 67.4 Å². The van der Waals surface area contributed by atoms with Crippen molar-refractivity contribution in [2.75, 3.05) is 24.2 Å². The Morgan fingerprint density at radius 1 is 1.15 bits per heavy atom. The molecule has 2 amide bonds. The molecule has 26 heavy (non-hydrogen) atoms. The first kappa shape index (κ1) is 19.4. The lowest BCUT2D eigenvalue weighted by molar-refractivity contribution is -0.122. The number of hydrogen-bond donors (Lipinski definition) is 2. The van der Waals surface area contributed by atoms with Gasteiger partial charge in [-0.3, -0.25) is 14.5 Å². The standard InChI is InChI=1S/C19H19ClN4O2/c1-13(19(26)22-15-9-7-14(11-21)8-10-15)24(2)12-18(25)23-17-6-4-3-5-16(17)20/h3-10,13H,12H2,1-2H3,(H,22,26)(H,23,25)/t13-/m0/s1. The summed E-state index contributed by atoms with van der Waals surface area (Å²) in [7, 11) is 1.69. The fraction of sp³-hybridized carbons (Fsp3) is 0.211. The van der Waals surface area contributed by atoms with Gasteiger partial charge in [0, 0.05) is 5.69 Å². The van der Waals surface area contributed by atoms with Gasteiger partial charge in [0.05, 0.1) is 34.9 Å². The first-order valence-corrected chi connectivity index (χ1v) is 8.34. The van der Waals surface area contributed by atoms with Gasteiger partial charge >= 0.3 is 0 Å². The molecule has 0 aromatic heterocycles. The molecule has 7 heteroatoms. The van der Waals surface area contributed by atoms with Crippen LogP contribution in [0.2, 0.25) is 5.02 Å². The van der Waals surface area contributed by atoms with Crippen LogP contribution in [0.25, 0.3) is 0 Å². The minimum atomic E-state index is -0.525. The van der Waals surface area contributed by atoms with Crippen LogP contribution in [0, 0.1) is 11.3 Å². The molecule has 0 fully saturated rings. The molecule has 0 aliphatic heterocycles. The van der Waals surface area contributed by atoms with Crippen molar-refractivity contribution in [3.05, 3.63) is 59.1 Å². The van der Waals surface area contributed by atoms with Crippen molar-refractivity contribution in [3.63, 3.8) is 0 Å². The van der Waals surface area contributed by atoms with Crippen LogP contribution in [0.4, 0.5) is 11.4 Å². The molecule has 0 saturated carbocycles. The molecular weight excluding hydrogens is 352 g/mol. The van der Waals surface area contributed by atoms with Gasteiger partial charge in [-0.2, -0.15) is 5.26 Å². The van der Waals surface area contributed by atoms with Crippen molar-refractivity contribution < 1.29 is 9.59 Å². The number of hydrogen-bond acceptors (Lipinski definition) is 4. The summed E-state index contributed by atoms with van der Waals surface area (Å²) in [6, 6.07) is 15.0. The minimum absolute atomic E-state index is 0.0349. The number of benzene rings is 2. The third-order valence-electron chi connectivity index (χ3n) is 3.86. The maximum absolute atomic E-state index is 12.3. The van der Waals surface area contributed by atoms with Gasteiger partial charge < -0.3 is 10.6 Å². The number of anilines is 2. The van der Waals surface area contributed by atoms with Crippen LogP contribution >= 0.6 is 11.6 Å². The summed E-state index contributed by atoms with van der Waals surface area (Å²) in [5.41, 5.74) is 1.64. The number of carbonyl (C=O) groups excluding carboxylic acids is 2. The molecule has 2 aromatic carbocycles. The Kier molecular flexibility index (Phi) is 6.73. The van der Waals surface area contributed by atoms with Gasteiger partial charge in [-0.1, -0.05) is 23.7 Å². The van der Waals surface area contributed by atoms with Crippen molar-refractivity contribution in [2.24, 2.45) is 0 Å². The predicted molar refractivity (Wildman–Crippen MR) is 102 cm³/mol. The maximum Gasteiger partial charge on any atom is 0.241 e. The van der Waals surface area contributed by atoms with Crippen LogP contribution in [0.3, 0.4) is 0 Å². The Morgan fingerprint density at radius 2 is 1.81 bits per heavy atom. The molecule has 1 atom stereocenters. The van der Waals surface area contributed by atoms with E-state index < -0.39 is 6.04 Å². The molecule has 2 aromatic rings. The molecule has 0 spiro atoms. The van der Waals surface area contributed by atoms with E-state index in [1.165, 1.54) is 0 Å². The third-order valence-corrected chi connectivity index (χ3v) is 4.19. The Hall–Kier alpha value is -2.88. The molecular formula is C19H19ClN4O2. The first-order chi connectivity index (χ1) is 12.4. The number of nitrogens with zero attached hydrogens (tertiary/aromatic N) is 2. The number of nitrogens with one attached hydrogen (secondary N) is 2. The number of likely N-dealkylation sites (N-methyl/N-ethyl adjacent to an activating group) is 1. The number of nitriles is 1. The summed E-state index contributed by atoms with van der Waals surface area (Å²) >= 11 is 6.02. The number of amides is 2. The van der Waals surface area contributed by atoms with E-state index in [2.05, 4.69) is 10.6 Å². The Bertz CT molecular complexity index is 830. The second-order valence-corrected chi connectivity index (χ2v) is 6.20. The van der Waals surface area contributed by atoms with Crippen molar-refractivity contribution in [3.8, 4) is 6.07 Å². The van der Waals surface area contributed by atoms with Gasteiger partial charge in [0.2, 0.25) is 11.8 Å². The zero-order chi connectivity index (χ0) is 19.1. The van der Waals surface area contributed by atoms with E-state index >= 15 is 0 Å². The average Bonchev–Trinajstić information content (AvgIpc) is 2.63. The van der Waals surface area contributed by atoms with Gasteiger partial charge in [0.15, 0.2) is 0 Å². The second kappa shape index (κ2) is 8.99. The second-order valence-electron chi connectivity index (χ2n) is 5.80. The van der Waals surface area contributed by atoms with E-state index in [-0.39, 0.29) is 18.4 Å². The van der Waals surface area contributed by atoms with Crippen molar-refractivity contribution in [1.29, 1.82) is 5.26 Å². The maximum atomic E-state index is 12.3. The Morgan fingerprint density at radius 3 is 2.42 bits per heavy atom. The number of carbonyl (C=O) groups is 2. The van der Waals surface area contributed by atoms with Crippen LogP contribution in [0.5, 0.6) is 0 Å². The largest absolute Gasteiger partial charge is 0.325 e. The van der Waals surface area contributed by atoms with E-state index in [9.17, 15) is 9.59 Å². The molecule has 0 saturated heterocycles. The average molecular weight is 371 g/mol. The van der Waals surface area contributed by atoms with Gasteiger partial charge in [0.25, 0.3) is 0 Å². The molecule has 0 aliphatic carbocycles. The van der Waals surface area contributed by atoms with Gasteiger partial charge in [-0.25, -0.2) is 0 Å². The summed E-state index contributed by atoms with van der Waals surface area (Å²) in [5.74, 6) is -0.513. The molecule has 2 N–H and O–H groups in total. The van der Waals surface area contributed by atoms with Gasteiger partial charge in [-0.15, -0.1) is 0 Å². The fourth-order valence-electron chi connectivity index (χ4n) is 2.19. The molecule has 2 rings (SSSR count). The number of para-hydroxylation sites is 1. The van der Waals surface area contributed by atoms with E-state index in [1.807, 2.05) is 6.07 Å². The summed E-state index contributed by atoms with van der Waals surface area (Å²) in [6.45, 7) is 1.74. The van der Waals surface area contributed by atoms with E-state index in [0.29, 0.717) is 22.0 Å². The molecule has 0 radical (unpaired) electrons. The van der Waals surface area contributed by atoms with Crippen molar-refractivity contribution >= 4 is 34.8 Å². The lowest BCUT2D eigenvalue weighted by atomic mass is 10.2. The molecule has 0 bridgehead atoms. The number of rotatable bonds is 6. The molecule has 0 heterocycles. The normalized spacial score (nSPS) is 11.5. The Balaban J connectivity index is 1.90. The van der Waals surface area contributed by atoms with Crippen LogP contribution in [0.15, 0.2) is 48.5 Å². The molecule has 0 aliphatic rings. The summed E-state index contributed by atoms with van der Waals surface area (Å²) in [6.07, 6.45) is 0. The zero-order valence-corrected chi connectivity index (χ0v) is 15.2. The molecule has 134 valence electrons. The third kappa shape index (κ3) is 5.31. The van der Waals surface area contributed by atoms with Crippen LogP contribution < -0.4 is 10.6 Å². The van der Waals surface area contributed by atoms with Crippen LogP contribution in [-0.4, -0.2) is 36.3 Å². The summed E-state index contributed by atoms with van der Waals surface area (Å²) < 4.78 is 0. The Labute approximate surface area is 157 Å². The van der Waals surface area contributed by atoms with Crippen molar-refractivity contribution in [2.45, 2.75) is 13.0 Å². The number of halogens is 1. The SMILES string of the molecule is C[C@@H](C(=O)Nc1ccc(C#N)cc1)N(C)CC(=O)Nc1ccccc1Cl. The monoisotopic (exact) mass is 370 g/mol. The quantitative estimate of drug-likeness (QED) is 0.818. The summed E-state index contributed by atoms with van der Waals surface area (Å²) in [4.78, 5) is 26.1. The lowest BCUT2D eigenvalue weighted by Gasteiger charge is -2.23.